The number of hydrogen-bond donors (Lipinski definition) is 1. The summed E-state index contributed by atoms with van der Waals surface area (Å²) in [6.45, 7) is 3.84. The van der Waals surface area contributed by atoms with E-state index in [1.165, 1.54) is 0 Å². The van der Waals surface area contributed by atoms with E-state index < -0.39 is 0 Å². The van der Waals surface area contributed by atoms with Crippen LogP contribution in [0.5, 0.6) is 0 Å². The van der Waals surface area contributed by atoms with Gasteiger partial charge in [0.1, 0.15) is 0 Å². The van der Waals surface area contributed by atoms with Crippen LogP contribution in [-0.4, -0.2) is 36.4 Å². The maximum Gasteiger partial charge on any atom is 0.375 e. The van der Waals surface area contributed by atoms with Gasteiger partial charge in [-0.3, -0.25) is 5.43 Å². The van der Waals surface area contributed by atoms with E-state index in [4.69, 9.17) is 4.74 Å². The fraction of sp³-hybridized carbons (Fsp3) is 0.429. The van der Waals surface area contributed by atoms with Gasteiger partial charge >= 0.3 is 5.97 Å². The van der Waals surface area contributed by atoms with E-state index >= 15 is 0 Å². The zero-order chi connectivity index (χ0) is 14.4. The number of rotatable bonds is 3. The number of carbonyl (C=O) groups excluding carboxylic acids is 1. The molecule has 0 atom stereocenters. The average Bonchev–Trinajstić information content (AvgIpc) is 2.95. The van der Waals surface area contributed by atoms with E-state index in [1.54, 1.807) is 6.92 Å². The molecule has 1 aromatic carbocycles. The molecule has 1 aliphatic rings. The van der Waals surface area contributed by atoms with Crippen molar-refractivity contribution in [3.05, 3.63) is 28.7 Å². The zero-order valence-corrected chi connectivity index (χ0v) is 13.0. The van der Waals surface area contributed by atoms with Crippen LogP contribution in [0.15, 0.2) is 33.8 Å². The molecule has 1 heterocycles. The Kier molecular flexibility index (Phi) is 5.40. The predicted molar refractivity (Wildman–Crippen MR) is 82.6 cm³/mol. The minimum Gasteiger partial charge on any atom is -0.460 e. The lowest BCUT2D eigenvalue weighted by Gasteiger charge is -2.18. The normalized spacial score (nSPS) is 15.3. The monoisotopic (exact) mass is 339 g/mol. The standard InChI is InChI=1S/C14H18BrN3O2/c1-2-20-14(19)13(18-9-3-4-10-18)17-16-12-7-5-11(15)6-8-12/h5-8,16H,2-4,9-10H2,1H3/b17-13+. The number of carbonyl (C=O) groups is 1. The second kappa shape index (κ2) is 7.28. The van der Waals surface area contributed by atoms with Crippen LogP contribution < -0.4 is 5.43 Å². The molecular weight excluding hydrogens is 322 g/mol. The number of halogens is 1. The minimum atomic E-state index is -0.376. The first-order valence-electron chi connectivity index (χ1n) is 6.72. The summed E-state index contributed by atoms with van der Waals surface area (Å²) in [5.74, 6) is -0.0220. The molecule has 0 radical (unpaired) electrons. The lowest BCUT2D eigenvalue weighted by molar-refractivity contribution is -0.135. The molecule has 0 aliphatic carbocycles. The lowest BCUT2D eigenvalue weighted by atomic mass is 10.3. The van der Waals surface area contributed by atoms with Crippen molar-refractivity contribution in [3.63, 3.8) is 0 Å². The summed E-state index contributed by atoms with van der Waals surface area (Å²) in [4.78, 5) is 13.9. The number of esters is 1. The molecule has 1 fully saturated rings. The molecule has 0 unspecified atom stereocenters. The van der Waals surface area contributed by atoms with Gasteiger partial charge < -0.3 is 9.64 Å². The molecule has 0 spiro atoms. The first kappa shape index (κ1) is 14.8. The summed E-state index contributed by atoms with van der Waals surface area (Å²) in [7, 11) is 0. The summed E-state index contributed by atoms with van der Waals surface area (Å²) < 4.78 is 6.06. The van der Waals surface area contributed by atoms with Crippen molar-refractivity contribution in [1.29, 1.82) is 0 Å². The highest BCUT2D eigenvalue weighted by molar-refractivity contribution is 9.10. The van der Waals surface area contributed by atoms with Crippen LogP contribution in [0.4, 0.5) is 5.69 Å². The summed E-state index contributed by atoms with van der Waals surface area (Å²) >= 11 is 3.38. The second-order valence-electron chi connectivity index (χ2n) is 4.47. The first-order chi connectivity index (χ1) is 9.70. The van der Waals surface area contributed by atoms with Gasteiger partial charge in [-0.15, -0.1) is 5.10 Å². The number of nitrogens with one attached hydrogen (secondary N) is 1. The third-order valence-electron chi connectivity index (χ3n) is 3.00. The Bertz CT molecular complexity index is 482. The Hall–Kier alpha value is -1.56. The molecule has 20 heavy (non-hydrogen) atoms. The number of likely N-dealkylation sites (tertiary alicyclic amines) is 1. The van der Waals surface area contributed by atoms with Gasteiger partial charge in [-0.05, 0) is 44.0 Å². The molecule has 1 aromatic rings. The summed E-state index contributed by atoms with van der Waals surface area (Å²) in [5, 5.41) is 4.23. The van der Waals surface area contributed by atoms with E-state index in [1.807, 2.05) is 29.2 Å². The molecule has 108 valence electrons. The van der Waals surface area contributed by atoms with Gasteiger partial charge in [-0.1, -0.05) is 15.9 Å². The number of amidine groups is 1. The first-order valence-corrected chi connectivity index (χ1v) is 7.51. The van der Waals surface area contributed by atoms with Crippen molar-refractivity contribution in [1.82, 2.24) is 4.90 Å². The SMILES string of the molecule is CCOC(=O)/C(=N\Nc1ccc(Br)cc1)N1CCCC1. The highest BCUT2D eigenvalue weighted by atomic mass is 79.9. The Morgan fingerprint density at radius 2 is 2.00 bits per heavy atom. The van der Waals surface area contributed by atoms with Crippen LogP contribution in [0.3, 0.4) is 0 Å². The molecule has 2 rings (SSSR count). The third-order valence-corrected chi connectivity index (χ3v) is 3.53. The molecular formula is C14H18BrN3O2. The van der Waals surface area contributed by atoms with E-state index in [-0.39, 0.29) is 5.97 Å². The number of benzene rings is 1. The predicted octanol–water partition coefficient (Wildman–Crippen LogP) is 2.83. The maximum absolute atomic E-state index is 12.0. The topological polar surface area (TPSA) is 53.9 Å². The van der Waals surface area contributed by atoms with Crippen molar-refractivity contribution >= 4 is 33.4 Å². The van der Waals surface area contributed by atoms with E-state index in [2.05, 4.69) is 26.5 Å². The lowest BCUT2D eigenvalue weighted by Crippen LogP contribution is -2.36. The van der Waals surface area contributed by atoms with Crippen molar-refractivity contribution in [2.75, 3.05) is 25.1 Å². The van der Waals surface area contributed by atoms with Crippen molar-refractivity contribution < 1.29 is 9.53 Å². The maximum atomic E-state index is 12.0. The summed E-state index contributed by atoms with van der Waals surface area (Å²) in [5.41, 5.74) is 3.74. The van der Waals surface area contributed by atoms with Gasteiger partial charge in [-0.25, -0.2) is 4.79 Å². The summed E-state index contributed by atoms with van der Waals surface area (Å²) in [6.07, 6.45) is 2.16. The Labute approximate surface area is 127 Å². The van der Waals surface area contributed by atoms with Crippen LogP contribution in [0.1, 0.15) is 19.8 Å². The Morgan fingerprint density at radius 3 is 2.60 bits per heavy atom. The molecule has 0 amide bonds. The van der Waals surface area contributed by atoms with E-state index in [0.29, 0.717) is 12.4 Å². The highest BCUT2D eigenvalue weighted by Crippen LogP contribution is 2.15. The quantitative estimate of drug-likeness (QED) is 0.398. The molecule has 0 bridgehead atoms. The van der Waals surface area contributed by atoms with Gasteiger partial charge in [0, 0.05) is 17.6 Å². The van der Waals surface area contributed by atoms with Crippen LogP contribution in [0.2, 0.25) is 0 Å². The van der Waals surface area contributed by atoms with Crippen LogP contribution in [-0.2, 0) is 9.53 Å². The number of ether oxygens (including phenoxy) is 1. The highest BCUT2D eigenvalue weighted by Gasteiger charge is 2.23. The third kappa shape index (κ3) is 3.96. The number of nitrogens with zero attached hydrogens (tertiary/aromatic N) is 2. The van der Waals surface area contributed by atoms with Crippen LogP contribution in [0.25, 0.3) is 0 Å². The van der Waals surface area contributed by atoms with Crippen LogP contribution >= 0.6 is 15.9 Å². The number of anilines is 1. The molecule has 0 saturated carbocycles. The van der Waals surface area contributed by atoms with E-state index in [9.17, 15) is 4.79 Å². The minimum absolute atomic E-state index is 0.351. The van der Waals surface area contributed by atoms with Gasteiger partial charge in [0.05, 0.1) is 12.3 Å². The van der Waals surface area contributed by atoms with Crippen molar-refractivity contribution in [2.45, 2.75) is 19.8 Å². The second-order valence-corrected chi connectivity index (χ2v) is 5.38. The Morgan fingerprint density at radius 1 is 1.35 bits per heavy atom. The van der Waals surface area contributed by atoms with Gasteiger partial charge in [0.2, 0.25) is 5.84 Å². The summed E-state index contributed by atoms with van der Waals surface area (Å²) in [6, 6.07) is 7.61. The zero-order valence-electron chi connectivity index (χ0n) is 11.4. The van der Waals surface area contributed by atoms with Crippen molar-refractivity contribution in [3.8, 4) is 0 Å². The molecule has 1 saturated heterocycles. The number of hydrogen-bond acceptors (Lipinski definition) is 4. The largest absolute Gasteiger partial charge is 0.460 e. The molecule has 1 N–H and O–H groups in total. The van der Waals surface area contributed by atoms with Gasteiger partial charge in [0.15, 0.2) is 0 Å². The van der Waals surface area contributed by atoms with Crippen molar-refractivity contribution in [2.24, 2.45) is 5.10 Å². The Balaban J connectivity index is 2.10. The average molecular weight is 340 g/mol. The van der Waals surface area contributed by atoms with Gasteiger partial charge in [-0.2, -0.15) is 0 Å². The molecule has 0 aromatic heterocycles. The fourth-order valence-corrected chi connectivity index (χ4v) is 2.28. The van der Waals surface area contributed by atoms with Crippen LogP contribution in [0, 0.1) is 0 Å². The number of hydrazone groups is 1. The van der Waals surface area contributed by atoms with E-state index in [0.717, 1.165) is 36.1 Å². The molecule has 1 aliphatic heterocycles. The molecule has 6 heteroatoms. The fourth-order valence-electron chi connectivity index (χ4n) is 2.01. The smallest absolute Gasteiger partial charge is 0.375 e. The van der Waals surface area contributed by atoms with Gasteiger partial charge in [0.25, 0.3) is 0 Å². The molecule has 5 nitrogen and oxygen atoms in total.